The number of nitrogens with one attached hydrogen (secondary N) is 2. The Kier molecular flexibility index (Phi) is 20.7. The average Bonchev–Trinajstić information content (AvgIpc) is 4.20. The highest BCUT2D eigenvalue weighted by Gasteiger charge is 2.28. The zero-order valence-electron chi connectivity index (χ0n) is 48.2. The van der Waals surface area contributed by atoms with Crippen LogP contribution < -0.4 is 18.9 Å². The molecule has 14 nitrogen and oxygen atoms in total. The molecule has 2 N–H and O–H groups in total. The molecule has 0 saturated heterocycles. The smallest absolute Gasteiger partial charge is 0.127 e. The van der Waals surface area contributed by atoms with Gasteiger partial charge in [0, 0.05) is 33.3 Å². The average molecular weight is 1090 g/mol. The Morgan fingerprint density at radius 3 is 1.09 bits per heavy atom. The second-order valence-corrected chi connectivity index (χ2v) is 19.9. The molecule has 0 unspecified atom stereocenters. The van der Waals surface area contributed by atoms with Crippen LogP contribution in [0.2, 0.25) is 0 Å². The molecule has 9 heterocycles. The fraction of sp³-hybridized carbons (Fsp3) is 0.424. The lowest BCUT2D eigenvalue weighted by Crippen LogP contribution is -2.14. The molecule has 12 bridgehead atoms. The summed E-state index contributed by atoms with van der Waals surface area (Å²) >= 11 is 0. The van der Waals surface area contributed by atoms with E-state index in [0.717, 1.165) is 127 Å². The fourth-order valence-electron chi connectivity index (χ4n) is 11.0. The number of H-pyrrole nitrogens is 2. The van der Waals surface area contributed by atoms with Gasteiger partial charge in [0.05, 0.1) is 113 Å². The standard InChI is InChI=1S/C66H80N4O10/c1-9-49-43(5)63-61-53-17-13-15-19-59(53)79-39-35-75-31-27-71-25-29-73-33-37-77-47-21-23-48(24-22-47)78-38-34-74-30-26-72-28-32-76-36-40-80-60-20-16-14-18-54(60)62(65-44(6)50(10-2)56(68-65)41-55(49)67-63)66-46(8)52(12-4)58(70-66)42-57-51(11-3)45(7)64(61)69-57/h13-24,41-42,67,69H,9-12,25-40H2,1-8H3. The number of nitrogens with zero attached hydrogens (tertiary/aromatic N) is 2. The lowest BCUT2D eigenvalue weighted by Gasteiger charge is -2.15. The van der Waals surface area contributed by atoms with Crippen LogP contribution in [0.1, 0.15) is 99.4 Å². The molecule has 0 spiro atoms. The largest absolute Gasteiger partial charge is 0.491 e. The van der Waals surface area contributed by atoms with Crippen LogP contribution in [0, 0.1) is 13.8 Å². The summed E-state index contributed by atoms with van der Waals surface area (Å²) in [4.78, 5) is 19.3. The Labute approximate surface area is 471 Å². The van der Waals surface area contributed by atoms with Crippen LogP contribution in [0.4, 0.5) is 0 Å². The van der Waals surface area contributed by atoms with E-state index in [1.807, 2.05) is 42.5 Å². The number of para-hydroxylation sites is 2. The van der Waals surface area contributed by atoms with Gasteiger partial charge in [-0.2, -0.15) is 0 Å². The highest BCUT2D eigenvalue weighted by molar-refractivity contribution is 6.04. The molecule has 6 aliphatic heterocycles. The molecule has 14 heteroatoms. The second-order valence-electron chi connectivity index (χ2n) is 19.9. The predicted octanol–water partition coefficient (Wildman–Crippen LogP) is 13.4. The van der Waals surface area contributed by atoms with Crippen molar-refractivity contribution in [1.82, 2.24) is 19.9 Å². The molecule has 0 amide bonds. The number of aromatic amines is 2. The fourth-order valence-corrected chi connectivity index (χ4v) is 11.0. The molecule has 0 radical (unpaired) electrons. The number of rotatable bonds is 4. The molecule has 0 atom stereocenters. The van der Waals surface area contributed by atoms with Gasteiger partial charge in [0.25, 0.3) is 0 Å². The van der Waals surface area contributed by atoms with Gasteiger partial charge in [-0.1, -0.05) is 64.1 Å². The van der Waals surface area contributed by atoms with Crippen molar-refractivity contribution in [2.24, 2.45) is 0 Å². The number of aromatic nitrogens is 4. The third-order valence-electron chi connectivity index (χ3n) is 15.1. The molecule has 424 valence electrons. The van der Waals surface area contributed by atoms with Crippen molar-refractivity contribution in [2.75, 3.05) is 106 Å². The Balaban J connectivity index is 1.11. The topological polar surface area (TPSA) is 150 Å². The van der Waals surface area contributed by atoms with Gasteiger partial charge in [0.15, 0.2) is 0 Å². The lowest BCUT2D eigenvalue weighted by atomic mass is 9.93. The van der Waals surface area contributed by atoms with Crippen molar-refractivity contribution in [3.05, 3.63) is 130 Å². The highest BCUT2D eigenvalue weighted by atomic mass is 16.6. The SMILES string of the molecule is CCC1=C(C)c2nc1cc1[nH]c(c(C)c1CC)c1c3[nH]c(cc4nc(c2-c2ccccc2OCCOCCOCCOCCOc2ccc(cc2)OCCOCCOCCOCCOc2ccccc2-1)C(C)=C4CC)c(CC)c3C. The molecule has 80 heavy (non-hydrogen) atoms. The highest BCUT2D eigenvalue weighted by Crippen LogP contribution is 2.47. The van der Waals surface area contributed by atoms with E-state index < -0.39 is 0 Å². The van der Waals surface area contributed by atoms with E-state index >= 15 is 0 Å². The van der Waals surface area contributed by atoms with Gasteiger partial charge >= 0.3 is 0 Å². The van der Waals surface area contributed by atoms with E-state index in [-0.39, 0.29) is 0 Å². The van der Waals surface area contributed by atoms with Crippen LogP contribution in [0.5, 0.6) is 23.0 Å². The molecule has 0 aliphatic carbocycles. The van der Waals surface area contributed by atoms with E-state index in [1.165, 1.54) is 33.4 Å². The van der Waals surface area contributed by atoms with Gasteiger partial charge in [0.1, 0.15) is 49.4 Å². The summed E-state index contributed by atoms with van der Waals surface area (Å²) in [5, 5.41) is 0. The van der Waals surface area contributed by atoms with Crippen LogP contribution in [-0.2, 0) is 41.3 Å². The first-order valence-corrected chi connectivity index (χ1v) is 28.7. The predicted molar refractivity (Wildman–Crippen MR) is 319 cm³/mol. The summed E-state index contributed by atoms with van der Waals surface area (Å²) in [6, 6.07) is 28.6. The van der Waals surface area contributed by atoms with Gasteiger partial charge in [0.2, 0.25) is 0 Å². The van der Waals surface area contributed by atoms with Crippen LogP contribution in [-0.4, -0.2) is 126 Å². The van der Waals surface area contributed by atoms with E-state index in [9.17, 15) is 0 Å². The Morgan fingerprint density at radius 1 is 0.388 bits per heavy atom. The maximum Gasteiger partial charge on any atom is 0.127 e. The van der Waals surface area contributed by atoms with Crippen LogP contribution in [0.25, 0.3) is 66.6 Å². The minimum Gasteiger partial charge on any atom is -0.491 e. The molecule has 3 aromatic carbocycles. The molecule has 3 aromatic heterocycles. The van der Waals surface area contributed by atoms with Crippen molar-refractivity contribution < 1.29 is 47.4 Å². The van der Waals surface area contributed by atoms with Gasteiger partial charge in [-0.3, -0.25) is 0 Å². The van der Waals surface area contributed by atoms with E-state index in [1.54, 1.807) is 0 Å². The monoisotopic (exact) mass is 1090 g/mol. The van der Waals surface area contributed by atoms with Crippen molar-refractivity contribution in [3.63, 3.8) is 0 Å². The third-order valence-corrected chi connectivity index (χ3v) is 15.1. The molecular weight excluding hydrogens is 1010 g/mol. The molecule has 0 saturated carbocycles. The Bertz CT molecular complexity index is 3180. The lowest BCUT2D eigenvalue weighted by molar-refractivity contribution is 0.00486. The summed E-state index contributed by atoms with van der Waals surface area (Å²) in [6.07, 6.45) is 3.22. The molecular formula is C66H80N4O10. The zero-order chi connectivity index (χ0) is 55.8. The molecule has 12 rings (SSSR count). The molecule has 6 aromatic rings. The van der Waals surface area contributed by atoms with Gasteiger partial charge < -0.3 is 57.3 Å². The minimum atomic E-state index is 0.347. The summed E-state index contributed by atoms with van der Waals surface area (Å²) in [5.41, 5.74) is 21.1. The first kappa shape index (κ1) is 57.9. The van der Waals surface area contributed by atoms with Crippen molar-refractivity contribution in [3.8, 4) is 45.3 Å². The summed E-state index contributed by atoms with van der Waals surface area (Å²) < 4.78 is 60.2. The minimum absolute atomic E-state index is 0.347. The number of hydrogen-bond donors (Lipinski definition) is 2. The van der Waals surface area contributed by atoms with Gasteiger partial charge in [-0.05, 0) is 146 Å². The van der Waals surface area contributed by atoms with E-state index in [0.29, 0.717) is 106 Å². The molecule has 6 aliphatic rings. The Morgan fingerprint density at radius 2 is 0.725 bits per heavy atom. The summed E-state index contributed by atoms with van der Waals surface area (Å²) in [6.45, 7) is 24.6. The van der Waals surface area contributed by atoms with Crippen LogP contribution in [0.3, 0.4) is 0 Å². The van der Waals surface area contributed by atoms with Crippen molar-refractivity contribution >= 4 is 44.4 Å². The summed E-state index contributed by atoms with van der Waals surface area (Å²) in [7, 11) is 0. The maximum atomic E-state index is 6.67. The van der Waals surface area contributed by atoms with Gasteiger partial charge in [-0.15, -0.1) is 0 Å². The normalized spacial score (nSPS) is 16.4. The first-order chi connectivity index (χ1) is 39.2. The number of aryl methyl sites for hydroxylation is 4. The molecule has 0 fully saturated rings. The quantitative estimate of drug-likeness (QED) is 0.173. The number of ether oxygens (including phenoxy) is 10. The van der Waals surface area contributed by atoms with Crippen molar-refractivity contribution in [2.45, 2.75) is 81.1 Å². The third kappa shape index (κ3) is 13.5. The zero-order valence-corrected chi connectivity index (χ0v) is 48.2. The maximum absolute atomic E-state index is 6.67. The Hall–Kier alpha value is -6.78. The second kappa shape index (κ2) is 28.6. The van der Waals surface area contributed by atoms with Crippen LogP contribution >= 0.6 is 0 Å². The van der Waals surface area contributed by atoms with Crippen LogP contribution in [0.15, 0.2) is 84.9 Å². The number of hydrogen-bond acceptors (Lipinski definition) is 12. The number of benzene rings is 3. The first-order valence-electron chi connectivity index (χ1n) is 28.7. The number of allylic oxidation sites excluding steroid dienone is 4. The van der Waals surface area contributed by atoms with E-state index in [4.69, 9.17) is 57.3 Å². The van der Waals surface area contributed by atoms with E-state index in [2.05, 4.69) is 108 Å². The van der Waals surface area contributed by atoms with Gasteiger partial charge in [-0.25, -0.2) is 9.97 Å². The summed E-state index contributed by atoms with van der Waals surface area (Å²) in [5.74, 6) is 2.99. The van der Waals surface area contributed by atoms with Crippen molar-refractivity contribution in [1.29, 1.82) is 0 Å².